The van der Waals surface area contributed by atoms with Gasteiger partial charge in [-0.3, -0.25) is 0 Å². The first kappa shape index (κ1) is 11.8. The maximum atomic E-state index is 3.66. The lowest BCUT2D eigenvalue weighted by molar-refractivity contribution is 1.25. The van der Waals surface area contributed by atoms with E-state index in [2.05, 4.69) is 23.5 Å². The predicted molar refractivity (Wildman–Crippen MR) is 48.8 cm³/mol. The molecule has 0 aromatic rings. The Bertz CT molecular complexity index is 134. The quantitative estimate of drug-likeness (QED) is 0.416. The first-order valence-electron chi connectivity index (χ1n) is 3.34. The van der Waals surface area contributed by atoms with Crippen molar-refractivity contribution in [2.24, 2.45) is 10.2 Å². The fraction of sp³-hybridized carbons (Fsp3) is 0.500. The minimum Gasteiger partial charge on any atom is -0.167 e. The van der Waals surface area contributed by atoms with E-state index >= 15 is 0 Å². The summed E-state index contributed by atoms with van der Waals surface area (Å²) in [6.45, 7) is 14.6. The van der Waals surface area contributed by atoms with E-state index in [4.69, 9.17) is 0 Å². The predicted octanol–water partition coefficient (Wildman–Crippen LogP) is 2.67. The number of allylic oxidation sites excluding steroid dienone is 1. The van der Waals surface area contributed by atoms with Crippen molar-refractivity contribution in [3.63, 3.8) is 0 Å². The summed E-state index contributed by atoms with van der Waals surface area (Å²) in [5.74, 6) is 0. The second-order valence-corrected chi connectivity index (χ2v) is 1.61. The van der Waals surface area contributed by atoms with Crippen LogP contribution in [0.25, 0.3) is 0 Å². The SMILES string of the molecule is C=N/N=C(/C)C(=C)C.CC. The van der Waals surface area contributed by atoms with E-state index < -0.39 is 0 Å². The Kier molecular flexibility index (Phi) is 9.56. The molecule has 0 aliphatic rings. The lowest BCUT2D eigenvalue weighted by Gasteiger charge is -1.90. The molecule has 0 aliphatic carbocycles. The minimum atomic E-state index is 0.833. The molecule has 0 N–H and O–H groups in total. The van der Waals surface area contributed by atoms with Crippen LogP contribution >= 0.6 is 0 Å². The Balaban J connectivity index is 0. The highest BCUT2D eigenvalue weighted by atomic mass is 15.2. The number of hydrogen-bond donors (Lipinski definition) is 0. The van der Waals surface area contributed by atoms with Crippen LogP contribution in [0.5, 0.6) is 0 Å². The highest BCUT2D eigenvalue weighted by molar-refractivity contribution is 5.96. The molecule has 0 aromatic heterocycles. The molecule has 0 saturated heterocycles. The van der Waals surface area contributed by atoms with Crippen molar-refractivity contribution in [3.8, 4) is 0 Å². The lowest BCUT2D eigenvalue weighted by atomic mass is 10.2. The maximum absolute atomic E-state index is 3.66. The van der Waals surface area contributed by atoms with Gasteiger partial charge in [-0.2, -0.15) is 10.2 Å². The van der Waals surface area contributed by atoms with Crippen molar-refractivity contribution in [1.82, 2.24) is 0 Å². The monoisotopic (exact) mass is 140 g/mol. The van der Waals surface area contributed by atoms with Crippen LogP contribution in [-0.4, -0.2) is 12.4 Å². The van der Waals surface area contributed by atoms with Crippen molar-refractivity contribution in [2.45, 2.75) is 27.7 Å². The second-order valence-electron chi connectivity index (χ2n) is 1.61. The Morgan fingerprint density at radius 3 is 1.70 bits per heavy atom. The highest BCUT2D eigenvalue weighted by Gasteiger charge is 1.86. The molecule has 0 atom stereocenters. The number of hydrogen-bond acceptors (Lipinski definition) is 2. The molecule has 0 spiro atoms. The average molecular weight is 140 g/mol. The van der Waals surface area contributed by atoms with Crippen LogP contribution in [-0.2, 0) is 0 Å². The van der Waals surface area contributed by atoms with Crippen LogP contribution in [0.4, 0.5) is 0 Å². The Hall–Kier alpha value is -0.920. The molecule has 58 valence electrons. The van der Waals surface area contributed by atoms with E-state index in [1.54, 1.807) is 0 Å². The van der Waals surface area contributed by atoms with E-state index in [0.717, 1.165) is 11.3 Å². The van der Waals surface area contributed by atoms with E-state index in [0.29, 0.717) is 0 Å². The molecular weight excluding hydrogens is 124 g/mol. The topological polar surface area (TPSA) is 24.7 Å². The molecule has 0 rings (SSSR count). The van der Waals surface area contributed by atoms with Crippen molar-refractivity contribution in [2.75, 3.05) is 0 Å². The summed E-state index contributed by atoms with van der Waals surface area (Å²) < 4.78 is 0. The van der Waals surface area contributed by atoms with Gasteiger partial charge in [0.2, 0.25) is 0 Å². The third-order valence-electron chi connectivity index (χ3n) is 0.838. The van der Waals surface area contributed by atoms with Crippen LogP contribution in [0.15, 0.2) is 22.4 Å². The fourth-order valence-electron chi connectivity index (χ4n) is 0.191. The summed E-state index contributed by atoms with van der Waals surface area (Å²) in [7, 11) is 0. The number of rotatable bonds is 2. The van der Waals surface area contributed by atoms with Crippen molar-refractivity contribution >= 4 is 12.4 Å². The van der Waals surface area contributed by atoms with Crippen LogP contribution in [0.1, 0.15) is 27.7 Å². The van der Waals surface area contributed by atoms with Gasteiger partial charge < -0.3 is 0 Å². The van der Waals surface area contributed by atoms with Gasteiger partial charge >= 0.3 is 0 Å². The summed E-state index contributed by atoms with van der Waals surface area (Å²) in [5.41, 5.74) is 1.76. The molecule has 2 heteroatoms. The molecule has 0 aliphatic heterocycles. The molecule has 0 radical (unpaired) electrons. The standard InChI is InChI=1S/C6H10N2.C2H6/c1-5(2)6(3)8-7-4;1-2/h1,4H2,2-3H3;1-2H3/b8-6-;. The van der Waals surface area contributed by atoms with Gasteiger partial charge in [-0.15, -0.1) is 0 Å². The molecule has 0 heterocycles. The van der Waals surface area contributed by atoms with Gasteiger partial charge in [0.1, 0.15) is 0 Å². The smallest absolute Gasteiger partial charge is 0.0622 e. The zero-order chi connectivity index (χ0) is 8.57. The van der Waals surface area contributed by atoms with E-state index in [9.17, 15) is 0 Å². The summed E-state index contributed by atoms with van der Waals surface area (Å²) in [6.07, 6.45) is 0. The van der Waals surface area contributed by atoms with Gasteiger partial charge in [0, 0.05) is 6.72 Å². The minimum absolute atomic E-state index is 0.833. The second kappa shape index (κ2) is 8.08. The first-order chi connectivity index (χ1) is 4.68. The van der Waals surface area contributed by atoms with Crippen LogP contribution in [0.3, 0.4) is 0 Å². The summed E-state index contributed by atoms with van der Waals surface area (Å²) in [4.78, 5) is 0. The van der Waals surface area contributed by atoms with Gasteiger partial charge in [0.25, 0.3) is 0 Å². The zero-order valence-electron chi connectivity index (χ0n) is 7.31. The fourth-order valence-corrected chi connectivity index (χ4v) is 0.191. The Morgan fingerprint density at radius 1 is 1.20 bits per heavy atom. The third-order valence-corrected chi connectivity index (χ3v) is 0.838. The molecule has 0 fully saturated rings. The molecule has 0 bridgehead atoms. The first-order valence-corrected chi connectivity index (χ1v) is 3.34. The molecule has 0 aromatic carbocycles. The van der Waals surface area contributed by atoms with Crippen LogP contribution in [0, 0.1) is 0 Å². The summed E-state index contributed by atoms with van der Waals surface area (Å²) >= 11 is 0. The summed E-state index contributed by atoms with van der Waals surface area (Å²) in [6, 6.07) is 0. The van der Waals surface area contributed by atoms with Crippen LogP contribution in [0.2, 0.25) is 0 Å². The van der Waals surface area contributed by atoms with E-state index in [-0.39, 0.29) is 0 Å². The normalized spacial score (nSPS) is 9.40. The van der Waals surface area contributed by atoms with Gasteiger partial charge in [-0.05, 0) is 19.4 Å². The van der Waals surface area contributed by atoms with Crippen molar-refractivity contribution < 1.29 is 0 Å². The molecule has 0 unspecified atom stereocenters. The molecule has 0 saturated carbocycles. The van der Waals surface area contributed by atoms with E-state index in [1.165, 1.54) is 0 Å². The van der Waals surface area contributed by atoms with Crippen LogP contribution < -0.4 is 0 Å². The molecule has 10 heavy (non-hydrogen) atoms. The largest absolute Gasteiger partial charge is 0.167 e. The zero-order valence-corrected chi connectivity index (χ0v) is 7.31. The third kappa shape index (κ3) is 7.08. The van der Waals surface area contributed by atoms with Gasteiger partial charge in [0.05, 0.1) is 5.71 Å². The van der Waals surface area contributed by atoms with Gasteiger partial charge in [-0.25, -0.2) is 0 Å². The van der Waals surface area contributed by atoms with E-state index in [1.807, 2.05) is 27.7 Å². The number of nitrogens with zero attached hydrogens (tertiary/aromatic N) is 2. The summed E-state index contributed by atoms with van der Waals surface area (Å²) in [5, 5.41) is 6.99. The highest BCUT2D eigenvalue weighted by Crippen LogP contribution is 1.90. The van der Waals surface area contributed by atoms with Gasteiger partial charge in [-0.1, -0.05) is 20.4 Å². The Morgan fingerprint density at radius 2 is 1.60 bits per heavy atom. The Labute approximate surface area is 63.4 Å². The molecular formula is C8H16N2. The molecule has 0 amide bonds. The maximum Gasteiger partial charge on any atom is 0.0622 e. The van der Waals surface area contributed by atoms with Crippen molar-refractivity contribution in [3.05, 3.63) is 12.2 Å². The lowest BCUT2D eigenvalue weighted by Crippen LogP contribution is -1.88. The molecule has 2 nitrogen and oxygen atoms in total. The van der Waals surface area contributed by atoms with Gasteiger partial charge in [0.15, 0.2) is 0 Å². The average Bonchev–Trinajstić information content (AvgIpc) is 1.93. The van der Waals surface area contributed by atoms with Crippen molar-refractivity contribution in [1.29, 1.82) is 0 Å².